The van der Waals surface area contributed by atoms with Gasteiger partial charge in [-0.2, -0.15) is 5.10 Å². The molecule has 9 heteroatoms. The molecule has 6 rings (SSSR count). The number of anilines is 1. The van der Waals surface area contributed by atoms with E-state index in [2.05, 4.69) is 29.0 Å². The van der Waals surface area contributed by atoms with Gasteiger partial charge in [0, 0.05) is 30.8 Å². The van der Waals surface area contributed by atoms with E-state index in [0.29, 0.717) is 45.6 Å². The highest BCUT2D eigenvalue weighted by Crippen LogP contribution is 2.38. The van der Waals surface area contributed by atoms with Crippen LogP contribution in [0.5, 0.6) is 11.5 Å². The van der Waals surface area contributed by atoms with Gasteiger partial charge in [0.05, 0.1) is 38.6 Å². The van der Waals surface area contributed by atoms with Crippen molar-refractivity contribution in [2.75, 3.05) is 46.0 Å². The molecule has 1 aliphatic carbocycles. The Morgan fingerprint density at radius 2 is 1.63 bits per heavy atom. The van der Waals surface area contributed by atoms with Crippen LogP contribution >= 0.6 is 0 Å². The van der Waals surface area contributed by atoms with Gasteiger partial charge in [0.25, 0.3) is 0 Å². The first-order valence-corrected chi connectivity index (χ1v) is 13.5. The highest BCUT2D eigenvalue weighted by atomic mass is 19.1. The van der Waals surface area contributed by atoms with Crippen molar-refractivity contribution in [3.05, 3.63) is 60.7 Å². The third kappa shape index (κ3) is 4.83. The summed E-state index contributed by atoms with van der Waals surface area (Å²) in [6.07, 6.45) is 5.72. The van der Waals surface area contributed by atoms with Crippen LogP contribution in [0.1, 0.15) is 31.7 Å². The topological polar surface area (TPSA) is 82.1 Å². The van der Waals surface area contributed by atoms with Crippen LogP contribution in [0.3, 0.4) is 0 Å². The summed E-state index contributed by atoms with van der Waals surface area (Å²) in [6.45, 7) is 4.71. The number of aromatic nitrogens is 4. The van der Waals surface area contributed by atoms with Gasteiger partial charge >= 0.3 is 0 Å². The molecule has 2 aliphatic rings. The second-order valence-corrected chi connectivity index (χ2v) is 11.2. The number of rotatable bonds is 5. The van der Waals surface area contributed by atoms with Crippen molar-refractivity contribution in [2.45, 2.75) is 37.8 Å². The zero-order chi connectivity index (χ0) is 26.3. The minimum absolute atomic E-state index is 0.192. The van der Waals surface area contributed by atoms with Gasteiger partial charge in [-0.25, -0.2) is 19.0 Å². The first-order chi connectivity index (χ1) is 18.4. The lowest BCUT2D eigenvalue weighted by Crippen LogP contribution is -2.57. The molecule has 8 nitrogen and oxygen atoms in total. The molecule has 0 spiro atoms. The Bertz CT molecular complexity index is 1420. The zero-order valence-corrected chi connectivity index (χ0v) is 22.1. The van der Waals surface area contributed by atoms with Crippen molar-refractivity contribution in [1.29, 1.82) is 0 Å². The monoisotopic (exact) mass is 516 g/mol. The summed E-state index contributed by atoms with van der Waals surface area (Å²) in [5, 5.41) is 5.51. The predicted octanol–water partition coefficient (Wildman–Crippen LogP) is 4.88. The Kier molecular flexibility index (Phi) is 6.49. The number of nitrogen functional groups attached to an aromatic ring is 1. The van der Waals surface area contributed by atoms with E-state index in [1.165, 1.54) is 25.5 Å². The van der Waals surface area contributed by atoms with Crippen molar-refractivity contribution in [1.82, 2.24) is 24.6 Å². The van der Waals surface area contributed by atoms with Gasteiger partial charge in [-0.05, 0) is 49.9 Å². The standard InChI is InChI=1S/C29H35FN7O/c1-37(2)16-14-35(15-17-37)20-8-10-21(11-9-20)36-29-26(28(31)32-19-33-29)27(34-36)24-13-12-23(18-25(24)30)38-22-6-4-3-5-7-22/h3-7,12-13,18-21H,8-11,14-17H2,1-2H3,(H2,31,32,33)/q+1. The number of benzene rings is 2. The first kappa shape index (κ1) is 24.8. The summed E-state index contributed by atoms with van der Waals surface area (Å²) in [6, 6.07) is 15.0. The van der Waals surface area contributed by atoms with Crippen LogP contribution in [0.2, 0.25) is 0 Å². The van der Waals surface area contributed by atoms with Crippen LogP contribution in [0, 0.1) is 5.82 Å². The van der Waals surface area contributed by atoms with Gasteiger partial charge in [0.15, 0.2) is 5.65 Å². The Morgan fingerprint density at radius 1 is 0.921 bits per heavy atom. The van der Waals surface area contributed by atoms with Crippen molar-refractivity contribution >= 4 is 16.9 Å². The van der Waals surface area contributed by atoms with E-state index in [-0.39, 0.29) is 6.04 Å². The van der Waals surface area contributed by atoms with Crippen LogP contribution in [0.4, 0.5) is 10.2 Å². The summed E-state index contributed by atoms with van der Waals surface area (Å²) in [5.74, 6) is 0.949. The molecule has 2 aromatic heterocycles. The molecule has 2 aromatic carbocycles. The molecule has 0 bridgehead atoms. The second-order valence-electron chi connectivity index (χ2n) is 11.2. The molecular formula is C29H35FN7O+. The molecule has 198 valence electrons. The molecule has 0 amide bonds. The molecule has 38 heavy (non-hydrogen) atoms. The lowest BCUT2D eigenvalue weighted by atomic mass is 9.90. The largest absolute Gasteiger partial charge is 0.457 e. The van der Waals surface area contributed by atoms with Crippen LogP contribution in [0.15, 0.2) is 54.9 Å². The van der Waals surface area contributed by atoms with Crippen molar-refractivity contribution in [3.63, 3.8) is 0 Å². The molecular weight excluding hydrogens is 481 g/mol. The average molecular weight is 517 g/mol. The van der Waals surface area contributed by atoms with Gasteiger partial charge in [-0.3, -0.25) is 4.90 Å². The number of para-hydroxylation sites is 1. The predicted molar refractivity (Wildman–Crippen MR) is 146 cm³/mol. The Labute approximate surface area is 222 Å². The molecule has 1 aliphatic heterocycles. The molecule has 2 N–H and O–H groups in total. The lowest BCUT2D eigenvalue weighted by Gasteiger charge is -2.44. The number of quaternary nitrogens is 1. The number of hydrogen-bond donors (Lipinski definition) is 1. The quantitative estimate of drug-likeness (QED) is 0.381. The van der Waals surface area contributed by atoms with Gasteiger partial charge in [-0.15, -0.1) is 0 Å². The Hall–Kier alpha value is -3.56. The fraction of sp³-hybridized carbons (Fsp3) is 0.414. The smallest absolute Gasteiger partial charge is 0.164 e. The Balaban J connectivity index is 1.25. The van der Waals surface area contributed by atoms with Gasteiger partial charge in [-0.1, -0.05) is 18.2 Å². The molecule has 1 saturated carbocycles. The van der Waals surface area contributed by atoms with E-state index in [1.807, 2.05) is 35.0 Å². The van der Waals surface area contributed by atoms with E-state index >= 15 is 4.39 Å². The number of nitrogens with zero attached hydrogens (tertiary/aromatic N) is 6. The van der Waals surface area contributed by atoms with E-state index < -0.39 is 5.82 Å². The highest BCUT2D eigenvalue weighted by molar-refractivity contribution is 5.98. The van der Waals surface area contributed by atoms with Gasteiger partial charge < -0.3 is 15.0 Å². The molecule has 4 aromatic rings. The number of halogens is 1. The van der Waals surface area contributed by atoms with Crippen molar-refractivity contribution < 1.29 is 13.6 Å². The number of piperazine rings is 1. The van der Waals surface area contributed by atoms with Crippen LogP contribution in [-0.2, 0) is 0 Å². The number of hydrogen-bond acceptors (Lipinski definition) is 6. The first-order valence-electron chi connectivity index (χ1n) is 13.5. The van der Waals surface area contributed by atoms with Crippen LogP contribution in [-0.4, -0.2) is 75.4 Å². The summed E-state index contributed by atoms with van der Waals surface area (Å²) in [4.78, 5) is 11.4. The summed E-state index contributed by atoms with van der Waals surface area (Å²) < 4.78 is 24.3. The number of ether oxygens (including phenoxy) is 1. The second kappa shape index (κ2) is 9.96. The van der Waals surface area contributed by atoms with Crippen molar-refractivity contribution in [2.24, 2.45) is 0 Å². The molecule has 0 atom stereocenters. The fourth-order valence-corrected chi connectivity index (χ4v) is 5.87. The van der Waals surface area contributed by atoms with E-state index in [0.717, 1.165) is 43.3 Å². The molecule has 3 heterocycles. The minimum Gasteiger partial charge on any atom is -0.457 e. The number of likely N-dealkylation sites (N-methyl/N-ethyl adjacent to an activating group) is 1. The summed E-state index contributed by atoms with van der Waals surface area (Å²) in [7, 11) is 4.63. The maximum atomic E-state index is 15.4. The Morgan fingerprint density at radius 3 is 2.34 bits per heavy atom. The lowest BCUT2D eigenvalue weighted by molar-refractivity contribution is -0.894. The fourth-order valence-electron chi connectivity index (χ4n) is 5.87. The molecule has 2 fully saturated rings. The highest BCUT2D eigenvalue weighted by Gasteiger charge is 2.33. The van der Waals surface area contributed by atoms with Gasteiger partial charge in [0.2, 0.25) is 0 Å². The van der Waals surface area contributed by atoms with Crippen molar-refractivity contribution in [3.8, 4) is 22.8 Å². The molecule has 0 unspecified atom stereocenters. The maximum Gasteiger partial charge on any atom is 0.164 e. The molecule has 0 radical (unpaired) electrons. The maximum absolute atomic E-state index is 15.4. The minimum atomic E-state index is -0.427. The van der Waals surface area contributed by atoms with Crippen LogP contribution in [0.25, 0.3) is 22.3 Å². The number of fused-ring (bicyclic) bond motifs is 1. The van der Waals surface area contributed by atoms with E-state index in [4.69, 9.17) is 15.6 Å². The van der Waals surface area contributed by atoms with E-state index in [1.54, 1.807) is 12.1 Å². The molecule has 1 saturated heterocycles. The third-order valence-electron chi connectivity index (χ3n) is 8.21. The van der Waals surface area contributed by atoms with E-state index in [9.17, 15) is 0 Å². The van der Waals surface area contributed by atoms with Gasteiger partial charge in [0.1, 0.15) is 35.2 Å². The summed E-state index contributed by atoms with van der Waals surface area (Å²) in [5.41, 5.74) is 7.80. The number of nitrogens with two attached hydrogens (primary N) is 1. The average Bonchev–Trinajstić information content (AvgIpc) is 3.30. The van der Waals surface area contributed by atoms with Crippen LogP contribution < -0.4 is 10.5 Å². The normalized spacial score (nSPS) is 22.0. The third-order valence-corrected chi connectivity index (χ3v) is 8.21. The zero-order valence-electron chi connectivity index (χ0n) is 22.1. The SMILES string of the molecule is C[N+]1(C)CCN(C2CCC(n3nc(-c4ccc(Oc5ccccc5)cc4F)c4c(N)ncnc43)CC2)CC1. The summed E-state index contributed by atoms with van der Waals surface area (Å²) >= 11 is 0.